The van der Waals surface area contributed by atoms with Crippen LogP contribution in [0.15, 0.2) is 47.6 Å². The van der Waals surface area contributed by atoms with E-state index in [1.807, 2.05) is 13.0 Å². The van der Waals surface area contributed by atoms with Gasteiger partial charge < -0.3 is 4.74 Å². The third kappa shape index (κ3) is 3.70. The van der Waals surface area contributed by atoms with Crippen molar-refractivity contribution in [1.82, 2.24) is 9.78 Å². The van der Waals surface area contributed by atoms with E-state index in [1.165, 1.54) is 18.2 Å². The Hall–Kier alpha value is -2.95. The second kappa shape index (κ2) is 7.97. The second-order valence-electron chi connectivity index (χ2n) is 7.58. The second-order valence-corrected chi connectivity index (χ2v) is 7.58. The molecule has 0 saturated heterocycles. The lowest BCUT2D eigenvalue weighted by Crippen LogP contribution is -2.10. The fourth-order valence-corrected chi connectivity index (χ4v) is 3.37. The zero-order valence-corrected chi connectivity index (χ0v) is 17.4. The van der Waals surface area contributed by atoms with Gasteiger partial charge in [-0.25, -0.2) is 14.5 Å². The molecule has 0 amide bonds. The Morgan fingerprint density at radius 1 is 1.07 bits per heavy atom. The molecular formula is C23H27N3O2. The van der Waals surface area contributed by atoms with Crippen molar-refractivity contribution >= 4 is 28.4 Å². The number of rotatable bonds is 4. The summed E-state index contributed by atoms with van der Waals surface area (Å²) in [5, 5.41) is 5.45. The number of fused-ring (bicyclic) bond motifs is 1. The molecule has 28 heavy (non-hydrogen) atoms. The predicted octanol–water partition coefficient (Wildman–Crippen LogP) is 5.67. The van der Waals surface area contributed by atoms with Gasteiger partial charge in [0, 0.05) is 5.39 Å². The van der Waals surface area contributed by atoms with Gasteiger partial charge in [0.1, 0.15) is 5.84 Å². The number of benzene rings is 2. The van der Waals surface area contributed by atoms with Crippen molar-refractivity contribution in [2.45, 2.75) is 46.5 Å². The van der Waals surface area contributed by atoms with Crippen LogP contribution in [0, 0.1) is 0 Å². The molecule has 146 valence electrons. The van der Waals surface area contributed by atoms with E-state index in [0.29, 0.717) is 17.4 Å². The number of methoxy groups -OCH3 is 1. The van der Waals surface area contributed by atoms with Gasteiger partial charge >= 0.3 is 5.97 Å². The summed E-state index contributed by atoms with van der Waals surface area (Å²) in [5.41, 5.74) is 4.78. The number of nitrogens with zero attached hydrogens (tertiary/aromatic N) is 3. The van der Waals surface area contributed by atoms with Crippen molar-refractivity contribution in [3.8, 4) is 0 Å². The Morgan fingerprint density at radius 2 is 1.71 bits per heavy atom. The first kappa shape index (κ1) is 19.8. The summed E-state index contributed by atoms with van der Waals surface area (Å²) in [5.74, 6) is 1.12. The van der Waals surface area contributed by atoms with E-state index in [9.17, 15) is 4.79 Å². The summed E-state index contributed by atoms with van der Waals surface area (Å²) in [7, 11) is 1.38. The molecule has 0 bridgehead atoms. The Labute approximate surface area is 166 Å². The van der Waals surface area contributed by atoms with Crippen LogP contribution in [-0.2, 0) is 4.74 Å². The molecule has 2 aromatic carbocycles. The van der Waals surface area contributed by atoms with Crippen LogP contribution in [0.3, 0.4) is 0 Å². The zero-order valence-electron chi connectivity index (χ0n) is 17.4. The van der Waals surface area contributed by atoms with Crippen molar-refractivity contribution in [2.24, 2.45) is 4.99 Å². The number of carbonyl (C=O) groups is 1. The minimum absolute atomic E-state index is 0.364. The molecule has 3 aromatic rings. The predicted molar refractivity (Wildman–Crippen MR) is 114 cm³/mol. The zero-order chi connectivity index (χ0) is 20.4. The van der Waals surface area contributed by atoms with Crippen molar-refractivity contribution < 1.29 is 9.53 Å². The maximum atomic E-state index is 11.9. The van der Waals surface area contributed by atoms with Gasteiger partial charge in [0.25, 0.3) is 0 Å². The Morgan fingerprint density at radius 3 is 2.29 bits per heavy atom. The van der Waals surface area contributed by atoms with Gasteiger partial charge in [-0.2, -0.15) is 5.10 Å². The van der Waals surface area contributed by atoms with E-state index < -0.39 is 0 Å². The molecule has 0 aliphatic rings. The van der Waals surface area contributed by atoms with Gasteiger partial charge in [-0.3, -0.25) is 0 Å². The van der Waals surface area contributed by atoms with E-state index in [0.717, 1.165) is 22.4 Å². The van der Waals surface area contributed by atoms with Crippen LogP contribution >= 0.6 is 0 Å². The van der Waals surface area contributed by atoms with Crippen LogP contribution in [0.5, 0.6) is 0 Å². The first-order chi connectivity index (χ1) is 13.3. The smallest absolute Gasteiger partial charge is 0.337 e. The number of para-hydroxylation sites is 1. The van der Waals surface area contributed by atoms with Crippen LogP contribution in [-0.4, -0.2) is 28.7 Å². The molecule has 5 heteroatoms. The lowest BCUT2D eigenvalue weighted by Gasteiger charge is -2.17. The van der Waals surface area contributed by atoms with Crippen LogP contribution in [0.4, 0.5) is 5.69 Å². The molecule has 0 aliphatic heterocycles. The molecule has 1 heterocycles. The number of aliphatic imine (C=N–C) groups is 1. The summed E-state index contributed by atoms with van der Waals surface area (Å²) < 4.78 is 6.62. The summed E-state index contributed by atoms with van der Waals surface area (Å²) in [6.07, 6.45) is 1.78. The normalized spacial score (nSPS) is 12.2. The maximum absolute atomic E-state index is 11.9. The lowest BCUT2D eigenvalue weighted by atomic mass is 9.93. The largest absolute Gasteiger partial charge is 0.465 e. The molecule has 0 saturated carbocycles. The van der Waals surface area contributed by atoms with Crippen molar-refractivity contribution in [3.05, 3.63) is 59.3 Å². The number of esters is 1. The average Bonchev–Trinajstić information content (AvgIpc) is 3.10. The highest BCUT2D eigenvalue weighted by Gasteiger charge is 2.15. The maximum Gasteiger partial charge on any atom is 0.337 e. The van der Waals surface area contributed by atoms with Crippen molar-refractivity contribution in [1.29, 1.82) is 0 Å². The Kier molecular flexibility index (Phi) is 5.63. The Balaban J connectivity index is 2.16. The van der Waals surface area contributed by atoms with E-state index in [4.69, 9.17) is 9.73 Å². The highest BCUT2D eigenvalue weighted by Crippen LogP contribution is 2.35. The third-order valence-corrected chi connectivity index (χ3v) is 4.91. The van der Waals surface area contributed by atoms with E-state index in [2.05, 4.69) is 51.0 Å². The van der Waals surface area contributed by atoms with E-state index in [1.54, 1.807) is 23.0 Å². The van der Waals surface area contributed by atoms with Crippen molar-refractivity contribution in [2.75, 3.05) is 7.11 Å². The summed E-state index contributed by atoms with van der Waals surface area (Å²) in [4.78, 5) is 16.9. The number of ether oxygens (including phenoxy) is 1. The number of hydrogen-bond acceptors (Lipinski definition) is 4. The fraction of sp³-hybridized carbons (Fsp3) is 0.348. The summed E-state index contributed by atoms with van der Waals surface area (Å²) >= 11 is 0. The van der Waals surface area contributed by atoms with Crippen molar-refractivity contribution in [3.63, 3.8) is 0 Å². The van der Waals surface area contributed by atoms with E-state index >= 15 is 0 Å². The standard InChI is InChI=1S/C23H27N3O2/c1-14(2)19-8-7-9-20(15(3)4)22(19)25-16(5)26-21-12-17(23(27)28-6)10-11-18(21)13-24-26/h7-15H,1-6H3. The van der Waals surface area contributed by atoms with Gasteiger partial charge in [0.15, 0.2) is 0 Å². The minimum atomic E-state index is -0.364. The lowest BCUT2D eigenvalue weighted by molar-refractivity contribution is 0.0601. The number of aromatic nitrogens is 2. The van der Waals surface area contributed by atoms with Crippen LogP contribution in [0.2, 0.25) is 0 Å². The molecular weight excluding hydrogens is 350 g/mol. The molecule has 0 spiro atoms. The van der Waals surface area contributed by atoms with Crippen LogP contribution < -0.4 is 0 Å². The summed E-state index contributed by atoms with van der Waals surface area (Å²) in [6.45, 7) is 10.7. The minimum Gasteiger partial charge on any atom is -0.465 e. The molecule has 5 nitrogen and oxygen atoms in total. The molecule has 0 radical (unpaired) electrons. The van der Waals surface area contributed by atoms with Gasteiger partial charge in [-0.15, -0.1) is 0 Å². The molecule has 3 rings (SSSR count). The highest BCUT2D eigenvalue weighted by molar-refractivity contribution is 5.98. The Bertz CT molecular complexity index is 1020. The molecule has 0 unspecified atom stereocenters. The first-order valence-electron chi connectivity index (χ1n) is 9.58. The first-order valence-corrected chi connectivity index (χ1v) is 9.58. The van der Waals surface area contributed by atoms with Gasteiger partial charge in [0.2, 0.25) is 0 Å². The monoisotopic (exact) mass is 377 g/mol. The summed E-state index contributed by atoms with van der Waals surface area (Å²) in [6, 6.07) is 11.8. The highest BCUT2D eigenvalue weighted by atomic mass is 16.5. The number of hydrogen-bond donors (Lipinski definition) is 0. The third-order valence-electron chi connectivity index (χ3n) is 4.91. The van der Waals surface area contributed by atoms with Gasteiger partial charge in [-0.1, -0.05) is 52.0 Å². The molecule has 0 fully saturated rings. The molecule has 0 aliphatic carbocycles. The molecule has 0 atom stereocenters. The SMILES string of the molecule is COC(=O)c1ccc2cnn(C(C)=Nc3c(C(C)C)cccc3C(C)C)c2c1. The van der Waals surface area contributed by atoms with E-state index in [-0.39, 0.29) is 5.97 Å². The van der Waals surface area contributed by atoms with Gasteiger partial charge in [-0.05, 0) is 42.0 Å². The average molecular weight is 377 g/mol. The quantitative estimate of drug-likeness (QED) is 0.334. The molecule has 1 aromatic heterocycles. The van der Waals surface area contributed by atoms with Crippen LogP contribution in [0.25, 0.3) is 10.9 Å². The van der Waals surface area contributed by atoms with Gasteiger partial charge in [0.05, 0.1) is 30.1 Å². The van der Waals surface area contributed by atoms with Crippen LogP contribution in [0.1, 0.15) is 67.9 Å². The molecule has 0 N–H and O–H groups in total. The number of carbonyl (C=O) groups excluding carboxylic acids is 1. The topological polar surface area (TPSA) is 56.5 Å². The fourth-order valence-electron chi connectivity index (χ4n) is 3.37.